The minimum absolute atomic E-state index is 0.0371. The highest BCUT2D eigenvalue weighted by Crippen LogP contribution is 2.08. The maximum absolute atomic E-state index is 11.6. The van der Waals surface area contributed by atoms with Crippen LogP contribution in [0.2, 0.25) is 0 Å². The van der Waals surface area contributed by atoms with E-state index in [4.69, 9.17) is 0 Å². The van der Waals surface area contributed by atoms with Gasteiger partial charge in [0, 0.05) is 26.8 Å². The van der Waals surface area contributed by atoms with E-state index in [1.54, 1.807) is 0 Å². The minimum Gasteiger partial charge on any atom is -0.469 e. The summed E-state index contributed by atoms with van der Waals surface area (Å²) < 4.78 is 4.47. The maximum atomic E-state index is 11.6. The van der Waals surface area contributed by atoms with E-state index < -0.39 is 6.04 Å². The van der Waals surface area contributed by atoms with Gasteiger partial charge in [0.2, 0.25) is 11.8 Å². The molecule has 0 radical (unpaired) electrons. The monoisotopic (exact) mass is 314 g/mol. The zero-order chi connectivity index (χ0) is 17.0. The van der Waals surface area contributed by atoms with Crippen LogP contribution in [0.3, 0.4) is 0 Å². The number of esters is 1. The predicted octanol–water partition coefficient (Wildman–Crippen LogP) is 0.710. The molecule has 2 amide bonds. The molecule has 7 heteroatoms. The third-order valence-electron chi connectivity index (χ3n) is 3.22. The summed E-state index contributed by atoms with van der Waals surface area (Å²) in [5, 5.41) is 5.11. The lowest BCUT2D eigenvalue weighted by Gasteiger charge is -2.15. The van der Waals surface area contributed by atoms with Crippen LogP contribution in [0, 0.1) is 0 Å². The van der Waals surface area contributed by atoms with Gasteiger partial charge < -0.3 is 15.4 Å². The van der Waals surface area contributed by atoms with Crippen LogP contribution in [0.25, 0.3) is 0 Å². The van der Waals surface area contributed by atoms with E-state index in [-0.39, 0.29) is 36.4 Å². The van der Waals surface area contributed by atoms with Crippen molar-refractivity contribution in [2.75, 3.05) is 14.2 Å². The molecule has 0 rings (SSSR count). The number of hydrogen-bond acceptors (Lipinski definition) is 5. The number of ether oxygens (including phenoxy) is 1. The molecule has 0 aromatic carbocycles. The quantitative estimate of drug-likeness (QED) is 0.432. The van der Waals surface area contributed by atoms with Gasteiger partial charge in [-0.2, -0.15) is 0 Å². The number of nitrogens with one attached hydrogen (secondary N) is 2. The molecule has 0 fully saturated rings. The SMILES string of the molecule is CNC(=O)[C@H](CCCCCC(=O)CCC(=O)OC)NC(C)=O. The highest BCUT2D eigenvalue weighted by Gasteiger charge is 2.17. The minimum atomic E-state index is -0.530. The summed E-state index contributed by atoms with van der Waals surface area (Å²) in [6, 6.07) is -0.530. The van der Waals surface area contributed by atoms with Gasteiger partial charge in [-0.05, 0) is 12.8 Å². The van der Waals surface area contributed by atoms with Crippen molar-refractivity contribution in [3.05, 3.63) is 0 Å². The number of ketones is 1. The first-order valence-electron chi connectivity index (χ1n) is 7.48. The number of methoxy groups -OCH3 is 1. The van der Waals surface area contributed by atoms with E-state index in [1.807, 2.05) is 0 Å². The van der Waals surface area contributed by atoms with E-state index >= 15 is 0 Å². The number of Topliss-reactive ketones (excluding diaryl/α,β-unsaturated/α-hetero) is 1. The Labute approximate surface area is 131 Å². The fraction of sp³-hybridized carbons (Fsp3) is 0.733. The molecule has 126 valence electrons. The first kappa shape index (κ1) is 20.1. The molecule has 0 aromatic heterocycles. The van der Waals surface area contributed by atoms with E-state index in [9.17, 15) is 19.2 Å². The lowest BCUT2D eigenvalue weighted by atomic mass is 10.0. The van der Waals surface area contributed by atoms with Crippen LogP contribution in [0.15, 0.2) is 0 Å². The highest BCUT2D eigenvalue weighted by atomic mass is 16.5. The fourth-order valence-corrected chi connectivity index (χ4v) is 2.00. The Morgan fingerprint density at radius 3 is 2.23 bits per heavy atom. The number of carbonyl (C=O) groups is 4. The van der Waals surface area contributed by atoms with Gasteiger partial charge in [0.1, 0.15) is 11.8 Å². The number of unbranched alkanes of at least 4 members (excludes halogenated alkanes) is 2. The van der Waals surface area contributed by atoms with Crippen molar-refractivity contribution in [2.24, 2.45) is 0 Å². The summed E-state index contributed by atoms with van der Waals surface area (Å²) >= 11 is 0. The highest BCUT2D eigenvalue weighted by molar-refractivity contribution is 5.86. The number of hydrogen-bond donors (Lipinski definition) is 2. The van der Waals surface area contributed by atoms with Gasteiger partial charge in [-0.25, -0.2) is 0 Å². The van der Waals surface area contributed by atoms with Crippen LogP contribution >= 0.6 is 0 Å². The molecule has 0 bridgehead atoms. The third-order valence-corrected chi connectivity index (χ3v) is 3.22. The van der Waals surface area contributed by atoms with Gasteiger partial charge in [-0.3, -0.25) is 19.2 Å². The molecule has 0 aromatic rings. The maximum Gasteiger partial charge on any atom is 0.305 e. The van der Waals surface area contributed by atoms with Crippen LogP contribution in [-0.4, -0.2) is 43.8 Å². The summed E-state index contributed by atoms with van der Waals surface area (Å²) in [6.07, 6.45) is 3.52. The van der Waals surface area contributed by atoms with Gasteiger partial charge in [-0.15, -0.1) is 0 Å². The van der Waals surface area contributed by atoms with Gasteiger partial charge >= 0.3 is 5.97 Å². The molecule has 22 heavy (non-hydrogen) atoms. The van der Waals surface area contributed by atoms with Crippen LogP contribution in [0.4, 0.5) is 0 Å². The Balaban J connectivity index is 3.85. The second kappa shape index (κ2) is 11.7. The predicted molar refractivity (Wildman–Crippen MR) is 81.0 cm³/mol. The summed E-state index contributed by atoms with van der Waals surface area (Å²) in [7, 11) is 2.82. The summed E-state index contributed by atoms with van der Waals surface area (Å²) in [5.41, 5.74) is 0. The largest absolute Gasteiger partial charge is 0.469 e. The van der Waals surface area contributed by atoms with Crippen molar-refractivity contribution in [1.82, 2.24) is 10.6 Å². The van der Waals surface area contributed by atoms with E-state index in [1.165, 1.54) is 21.1 Å². The number of likely N-dealkylation sites (N-methyl/N-ethyl adjacent to an activating group) is 1. The van der Waals surface area contributed by atoms with Gasteiger partial charge in [0.15, 0.2) is 0 Å². The lowest BCUT2D eigenvalue weighted by Crippen LogP contribution is -2.44. The van der Waals surface area contributed by atoms with Crippen molar-refractivity contribution in [3.63, 3.8) is 0 Å². The molecule has 2 N–H and O–H groups in total. The first-order chi connectivity index (χ1) is 10.4. The molecule has 1 atom stereocenters. The normalized spacial score (nSPS) is 11.4. The van der Waals surface area contributed by atoms with Gasteiger partial charge in [-0.1, -0.05) is 12.8 Å². The molecule has 0 heterocycles. The van der Waals surface area contributed by atoms with Crippen molar-refractivity contribution in [2.45, 2.75) is 57.9 Å². The van der Waals surface area contributed by atoms with Crippen molar-refractivity contribution in [1.29, 1.82) is 0 Å². The van der Waals surface area contributed by atoms with E-state index in [0.29, 0.717) is 19.3 Å². The van der Waals surface area contributed by atoms with Crippen LogP contribution in [0.1, 0.15) is 51.9 Å². The van der Waals surface area contributed by atoms with E-state index in [2.05, 4.69) is 15.4 Å². The summed E-state index contributed by atoms with van der Waals surface area (Å²) in [5.74, 6) is -0.803. The third kappa shape index (κ3) is 9.90. The number of carbonyl (C=O) groups excluding carboxylic acids is 4. The van der Waals surface area contributed by atoms with Gasteiger partial charge in [0.05, 0.1) is 13.5 Å². The standard InChI is InChI=1S/C15H26N2O5/c1-11(18)17-13(15(21)16-2)8-6-4-5-7-12(19)9-10-14(20)22-3/h13H,4-10H2,1-3H3,(H,16,21)(H,17,18)/t13-/m0/s1. The Kier molecular flexibility index (Phi) is 10.7. The fourth-order valence-electron chi connectivity index (χ4n) is 2.00. The van der Waals surface area contributed by atoms with Gasteiger partial charge in [0.25, 0.3) is 0 Å². The average Bonchev–Trinajstić information content (AvgIpc) is 2.49. The second-order valence-electron chi connectivity index (χ2n) is 5.08. The molecule has 7 nitrogen and oxygen atoms in total. The molecular formula is C15H26N2O5. The Morgan fingerprint density at radius 1 is 1.00 bits per heavy atom. The molecule has 0 aliphatic heterocycles. The molecule has 0 aliphatic carbocycles. The zero-order valence-electron chi connectivity index (χ0n) is 13.6. The van der Waals surface area contributed by atoms with Crippen LogP contribution < -0.4 is 10.6 Å². The van der Waals surface area contributed by atoms with Crippen LogP contribution in [-0.2, 0) is 23.9 Å². The zero-order valence-corrected chi connectivity index (χ0v) is 13.6. The smallest absolute Gasteiger partial charge is 0.305 e. The molecule has 0 saturated carbocycles. The van der Waals surface area contributed by atoms with Crippen molar-refractivity contribution < 1.29 is 23.9 Å². The Hall–Kier alpha value is -1.92. The average molecular weight is 314 g/mol. The molecular weight excluding hydrogens is 288 g/mol. The topological polar surface area (TPSA) is 102 Å². The molecule has 0 aliphatic rings. The first-order valence-corrected chi connectivity index (χ1v) is 7.48. The molecule has 0 unspecified atom stereocenters. The molecule has 0 spiro atoms. The summed E-state index contributed by atoms with van der Waals surface area (Å²) in [6.45, 7) is 1.37. The number of amides is 2. The Bertz CT molecular complexity index is 395. The van der Waals surface area contributed by atoms with Crippen molar-refractivity contribution >= 4 is 23.6 Å². The summed E-state index contributed by atoms with van der Waals surface area (Å²) in [4.78, 5) is 45.0. The lowest BCUT2D eigenvalue weighted by molar-refractivity contribution is -0.142. The van der Waals surface area contributed by atoms with E-state index in [0.717, 1.165) is 12.8 Å². The number of rotatable bonds is 11. The van der Waals surface area contributed by atoms with Crippen molar-refractivity contribution in [3.8, 4) is 0 Å². The Morgan fingerprint density at radius 2 is 1.68 bits per heavy atom. The molecule has 0 saturated heterocycles. The second-order valence-corrected chi connectivity index (χ2v) is 5.08. The van der Waals surface area contributed by atoms with Crippen LogP contribution in [0.5, 0.6) is 0 Å².